The molecule has 0 saturated heterocycles. The molecule has 0 unspecified atom stereocenters. The normalized spacial score (nSPS) is 16.0. The molecule has 0 aliphatic carbocycles. The number of carbonyl (C=O) groups excluding carboxylic acids is 7. The lowest BCUT2D eigenvalue weighted by Gasteiger charge is -2.28. The maximum atomic E-state index is 13.6. The maximum Gasteiger partial charge on any atom is 0.325 e. The van der Waals surface area contributed by atoms with E-state index in [2.05, 4.69) is 59.8 Å². The number of carboxylic acid groups (broad SMARTS) is 1. The van der Waals surface area contributed by atoms with Crippen molar-refractivity contribution in [3.8, 4) is 0 Å². The lowest BCUT2D eigenvalue weighted by atomic mass is 10.0. The third kappa shape index (κ3) is 16.0. The number of aliphatic hydroxyl groups excluding tert-OH is 2. The topological polar surface area (TPSA) is 362 Å². The van der Waals surface area contributed by atoms with Gasteiger partial charge in [-0.2, -0.15) is 12.6 Å². The molecular formula is C31H53N11O11S. The second kappa shape index (κ2) is 23.7. The molecule has 0 bridgehead atoms. The third-order valence-corrected chi connectivity index (χ3v) is 8.18. The van der Waals surface area contributed by atoms with Crippen molar-refractivity contribution in [3.63, 3.8) is 0 Å². The smallest absolute Gasteiger partial charge is 0.325 e. The van der Waals surface area contributed by atoms with Gasteiger partial charge in [-0.3, -0.25) is 38.4 Å². The summed E-state index contributed by atoms with van der Waals surface area (Å²) in [7, 11) is 0. The molecule has 7 amide bonds. The molecule has 9 atom stereocenters. The van der Waals surface area contributed by atoms with Gasteiger partial charge in [0.15, 0.2) is 0 Å². The highest BCUT2D eigenvalue weighted by molar-refractivity contribution is 7.80. The molecule has 0 aliphatic rings. The number of thiol groups is 1. The van der Waals surface area contributed by atoms with Crippen molar-refractivity contribution in [1.82, 2.24) is 47.2 Å². The van der Waals surface area contributed by atoms with Gasteiger partial charge in [-0.25, -0.2) is 4.98 Å². The first-order valence-corrected chi connectivity index (χ1v) is 17.7. The lowest BCUT2D eigenvalue weighted by molar-refractivity contribution is -0.141. The van der Waals surface area contributed by atoms with Crippen LogP contribution in [-0.2, 0) is 44.8 Å². The molecule has 0 fully saturated rings. The van der Waals surface area contributed by atoms with Crippen LogP contribution >= 0.6 is 12.6 Å². The summed E-state index contributed by atoms with van der Waals surface area (Å²) in [5.74, 6) is -7.85. The van der Waals surface area contributed by atoms with Crippen LogP contribution in [0.5, 0.6) is 0 Å². The Morgan fingerprint density at radius 3 is 1.69 bits per heavy atom. The number of hydrogen-bond donors (Lipinski definition) is 14. The predicted molar refractivity (Wildman–Crippen MR) is 194 cm³/mol. The lowest BCUT2D eigenvalue weighted by Crippen LogP contribution is -2.63. The SMILES string of the molecule is C[C@H](NC(=O)[C@H](C)NC(=O)[C@H](CS)NC(=O)[C@@H](NC(=O)[C@H](Cc1cnc[nH]1)NC(=O)[C@@H](NC(=O)[C@H](CCCCN)NC(=O)CN)[C@@H](C)O)[C@@H](C)O)C(=O)O. The summed E-state index contributed by atoms with van der Waals surface area (Å²) in [6.07, 6.45) is 0.465. The van der Waals surface area contributed by atoms with E-state index in [1.54, 1.807) is 0 Å². The van der Waals surface area contributed by atoms with Gasteiger partial charge >= 0.3 is 5.97 Å². The Hall–Kier alpha value is -4.84. The molecule has 0 aromatic carbocycles. The van der Waals surface area contributed by atoms with Crippen molar-refractivity contribution < 1.29 is 53.7 Å². The number of aliphatic hydroxyl groups is 2. The van der Waals surface area contributed by atoms with Crippen molar-refractivity contribution in [3.05, 3.63) is 18.2 Å². The Labute approximate surface area is 316 Å². The molecule has 0 radical (unpaired) electrons. The predicted octanol–water partition coefficient (Wildman–Crippen LogP) is -5.75. The zero-order chi connectivity index (χ0) is 41.1. The Morgan fingerprint density at radius 1 is 0.704 bits per heavy atom. The zero-order valence-corrected chi connectivity index (χ0v) is 31.4. The number of imidazole rings is 1. The number of unbranched alkanes of at least 4 members (excludes halogenated alkanes) is 1. The number of carbonyl (C=O) groups is 8. The highest BCUT2D eigenvalue weighted by Gasteiger charge is 2.36. The van der Waals surface area contributed by atoms with Crippen molar-refractivity contribution in [2.24, 2.45) is 11.5 Å². The summed E-state index contributed by atoms with van der Waals surface area (Å²) in [5.41, 5.74) is 11.2. The number of carboxylic acids is 1. The number of nitrogens with zero attached hydrogens (tertiary/aromatic N) is 1. The molecule has 22 nitrogen and oxygen atoms in total. The van der Waals surface area contributed by atoms with Gasteiger partial charge in [-0.1, -0.05) is 0 Å². The number of aromatic nitrogens is 2. The van der Waals surface area contributed by atoms with Gasteiger partial charge in [0.25, 0.3) is 0 Å². The number of aromatic amines is 1. The maximum absolute atomic E-state index is 13.6. The van der Waals surface area contributed by atoms with Crippen molar-refractivity contribution in [1.29, 1.82) is 0 Å². The fourth-order valence-corrected chi connectivity index (χ4v) is 4.91. The Bertz CT molecular complexity index is 1430. The van der Waals surface area contributed by atoms with Crippen LogP contribution in [0.25, 0.3) is 0 Å². The van der Waals surface area contributed by atoms with Crippen LogP contribution in [0.15, 0.2) is 12.5 Å². The minimum atomic E-state index is -1.71. The van der Waals surface area contributed by atoms with Crippen LogP contribution in [0, 0.1) is 0 Å². The molecule has 54 heavy (non-hydrogen) atoms. The molecule has 0 aliphatic heterocycles. The highest BCUT2D eigenvalue weighted by atomic mass is 32.1. The molecule has 15 N–H and O–H groups in total. The van der Waals surface area contributed by atoms with Gasteiger partial charge in [0.1, 0.15) is 42.3 Å². The van der Waals surface area contributed by atoms with Gasteiger partial charge in [0.2, 0.25) is 41.4 Å². The molecule has 1 rings (SSSR count). The van der Waals surface area contributed by atoms with Crippen LogP contribution in [-0.4, -0.2) is 146 Å². The van der Waals surface area contributed by atoms with E-state index >= 15 is 0 Å². The molecule has 1 heterocycles. The molecule has 0 spiro atoms. The number of aliphatic carboxylic acids is 1. The quantitative estimate of drug-likeness (QED) is 0.0343. The number of nitrogens with one attached hydrogen (secondary N) is 8. The minimum Gasteiger partial charge on any atom is -0.480 e. The first-order chi connectivity index (χ1) is 25.4. The van der Waals surface area contributed by atoms with Crippen LogP contribution < -0.4 is 48.7 Å². The Kier molecular flexibility index (Phi) is 20.7. The van der Waals surface area contributed by atoms with E-state index in [0.717, 1.165) is 0 Å². The summed E-state index contributed by atoms with van der Waals surface area (Å²) in [6.45, 7) is 4.80. The molecule has 1 aromatic rings. The summed E-state index contributed by atoms with van der Waals surface area (Å²) in [5, 5.41) is 46.4. The van der Waals surface area contributed by atoms with Crippen LogP contribution in [0.3, 0.4) is 0 Å². The minimum absolute atomic E-state index is 0.146. The van der Waals surface area contributed by atoms with E-state index in [-0.39, 0.29) is 18.6 Å². The van der Waals surface area contributed by atoms with Crippen molar-refractivity contribution in [2.45, 2.75) is 108 Å². The number of hydrogen-bond acceptors (Lipinski definition) is 14. The van der Waals surface area contributed by atoms with E-state index in [4.69, 9.17) is 16.6 Å². The average molecular weight is 788 g/mol. The largest absolute Gasteiger partial charge is 0.480 e. The van der Waals surface area contributed by atoms with Gasteiger partial charge in [0, 0.05) is 24.1 Å². The van der Waals surface area contributed by atoms with Gasteiger partial charge < -0.3 is 69.0 Å². The summed E-state index contributed by atoms with van der Waals surface area (Å²) < 4.78 is 0. The molecule has 1 aromatic heterocycles. The standard InChI is InChI=1S/C31H53N11O11S/c1-14(25(46)37-15(2)31(52)53)36-28(49)21(12-54)40-30(51)24(17(4)44)42-27(48)20(9-18-11-34-13-35-18)39-29(50)23(16(3)43)41-26(47)19(7-5-6-8-32)38-22(45)10-33/h11,13-17,19-21,23-24,43-44,54H,5-10,12,32-33H2,1-4H3,(H,34,35)(H,36,49)(H,37,46)(H,38,45)(H,39,50)(H,40,51)(H,41,47)(H,42,48)(H,52,53)/t14-,15-,16+,17+,19-,20-,21-,23-,24-/m0/s1. The second-order valence-corrected chi connectivity index (χ2v) is 12.8. The fourth-order valence-electron chi connectivity index (χ4n) is 4.66. The monoisotopic (exact) mass is 787 g/mol. The summed E-state index contributed by atoms with van der Waals surface area (Å²) >= 11 is 4.07. The van der Waals surface area contributed by atoms with Crippen LogP contribution in [0.2, 0.25) is 0 Å². The van der Waals surface area contributed by atoms with E-state index in [1.165, 1.54) is 40.2 Å². The fraction of sp³-hybridized carbons (Fsp3) is 0.645. The first kappa shape index (κ1) is 47.2. The Morgan fingerprint density at radius 2 is 1.22 bits per heavy atom. The van der Waals surface area contributed by atoms with Crippen LogP contribution in [0.1, 0.15) is 52.7 Å². The number of rotatable bonds is 24. The zero-order valence-electron chi connectivity index (χ0n) is 30.5. The van der Waals surface area contributed by atoms with Crippen molar-refractivity contribution >= 4 is 59.9 Å². The van der Waals surface area contributed by atoms with E-state index in [9.17, 15) is 48.6 Å². The average Bonchev–Trinajstić information content (AvgIpc) is 3.63. The summed E-state index contributed by atoms with van der Waals surface area (Å²) in [6, 6.07) is -9.83. The molecule has 23 heteroatoms. The van der Waals surface area contributed by atoms with Gasteiger partial charge in [-0.05, 0) is 53.5 Å². The molecular weight excluding hydrogens is 734 g/mol. The van der Waals surface area contributed by atoms with E-state index in [1.807, 2.05) is 0 Å². The molecule has 0 saturated carbocycles. The van der Waals surface area contributed by atoms with Crippen molar-refractivity contribution in [2.75, 3.05) is 18.8 Å². The summed E-state index contributed by atoms with van der Waals surface area (Å²) in [4.78, 5) is 108. The van der Waals surface area contributed by atoms with Gasteiger partial charge in [-0.15, -0.1) is 0 Å². The number of amides is 7. The van der Waals surface area contributed by atoms with E-state index < -0.39 is 108 Å². The number of nitrogens with two attached hydrogens (primary N) is 2. The third-order valence-electron chi connectivity index (χ3n) is 7.82. The molecule has 304 valence electrons. The highest BCUT2D eigenvalue weighted by Crippen LogP contribution is 2.07. The first-order valence-electron chi connectivity index (χ1n) is 17.0. The second-order valence-electron chi connectivity index (χ2n) is 12.4. The van der Waals surface area contributed by atoms with Crippen LogP contribution in [0.4, 0.5) is 0 Å². The van der Waals surface area contributed by atoms with Gasteiger partial charge in [0.05, 0.1) is 25.1 Å². The van der Waals surface area contributed by atoms with E-state index in [0.29, 0.717) is 25.1 Å². The number of H-pyrrole nitrogens is 1. The Balaban J connectivity index is 3.18.